The normalized spacial score (nSPS) is 9.76. The number of rotatable bonds is 4. The highest BCUT2D eigenvalue weighted by molar-refractivity contribution is 5.26. The second-order valence-electron chi connectivity index (χ2n) is 4.21. The van der Waals surface area contributed by atoms with Crippen LogP contribution in [0, 0.1) is 16.2 Å². The van der Waals surface area contributed by atoms with Gasteiger partial charge in [0.25, 0.3) is 0 Å². The summed E-state index contributed by atoms with van der Waals surface area (Å²) in [6.45, 7) is 7.30. The fourth-order valence-corrected chi connectivity index (χ4v) is 0.856. The van der Waals surface area contributed by atoms with Gasteiger partial charge in [-0.1, -0.05) is 33.6 Å². The summed E-state index contributed by atoms with van der Waals surface area (Å²) < 4.78 is 0. The Morgan fingerprint density at radius 3 is 1.53 bits per heavy atom. The average Bonchev–Trinajstić information content (AvgIpc) is 2.15. The minimum atomic E-state index is -1.55. The molecule has 0 bridgehead atoms. The molecule has 0 aliphatic heterocycles. The van der Waals surface area contributed by atoms with Crippen molar-refractivity contribution in [2.45, 2.75) is 52.7 Å². The molecule has 0 aromatic heterocycles. The van der Waals surface area contributed by atoms with Gasteiger partial charge in [-0.25, -0.2) is 20.4 Å². The quantitative estimate of drug-likeness (QED) is 0.342. The molecule has 0 heterocycles. The third-order valence-electron chi connectivity index (χ3n) is 2.44. The number of nitrogens with one attached hydrogen (secondary N) is 2. The fraction of sp³-hybridized carbons (Fsp3) is 0.818. The summed E-state index contributed by atoms with van der Waals surface area (Å²) in [5.41, 5.74) is -0.400. The first-order valence-electron chi connectivity index (χ1n) is 5.17. The second kappa shape index (κ2) is 11.2. The lowest BCUT2D eigenvalue weighted by Crippen LogP contribution is -2.41. The van der Waals surface area contributed by atoms with Crippen molar-refractivity contribution in [3.8, 4) is 0 Å². The lowest BCUT2D eigenvalue weighted by molar-refractivity contribution is -0.221. The molecule has 0 aromatic rings. The molecule has 0 unspecified atom stereocenters. The lowest BCUT2D eigenvalue weighted by atomic mass is 9.80. The van der Waals surface area contributed by atoms with E-state index in [2.05, 4.69) is 6.92 Å². The van der Waals surface area contributed by atoms with Crippen LogP contribution < -0.4 is 0 Å². The molecule has 4 N–H and O–H groups in total. The molecule has 17 heavy (non-hydrogen) atoms. The van der Waals surface area contributed by atoms with Crippen molar-refractivity contribution < 1.29 is 19.8 Å². The maximum absolute atomic E-state index is 9.33. The van der Waals surface area contributed by atoms with Gasteiger partial charge in [0.05, 0.1) is 0 Å². The predicted molar refractivity (Wildman–Crippen MR) is 63.0 cm³/mol. The van der Waals surface area contributed by atoms with Gasteiger partial charge in [0.15, 0.2) is 5.79 Å². The Labute approximate surface area is 102 Å². The smallest absolute Gasteiger partial charge is 0.231 e. The zero-order valence-corrected chi connectivity index (χ0v) is 10.8. The van der Waals surface area contributed by atoms with Crippen molar-refractivity contribution in [2.24, 2.45) is 5.41 Å². The zero-order valence-electron chi connectivity index (χ0n) is 10.8. The maximum Gasteiger partial charge on any atom is 0.231 e. The van der Waals surface area contributed by atoms with Crippen molar-refractivity contribution >= 4 is 12.2 Å². The number of unbranched alkanes of at least 4 members (excludes halogenated alkanes) is 1. The fourth-order valence-electron chi connectivity index (χ4n) is 0.856. The monoisotopic (exact) mass is 246 g/mol. The molecule has 0 radical (unpaired) electrons. The van der Waals surface area contributed by atoms with Gasteiger partial charge in [-0.15, -0.1) is 0 Å². The van der Waals surface area contributed by atoms with Crippen LogP contribution in [0.15, 0.2) is 0 Å². The van der Waals surface area contributed by atoms with E-state index < -0.39 is 11.2 Å². The van der Waals surface area contributed by atoms with Crippen molar-refractivity contribution in [2.75, 3.05) is 0 Å². The lowest BCUT2D eigenvalue weighted by Gasteiger charge is -2.35. The summed E-state index contributed by atoms with van der Waals surface area (Å²) in [4.78, 5) is 16.7. The molecule has 0 aromatic carbocycles. The van der Waals surface area contributed by atoms with Crippen LogP contribution in [-0.2, 0) is 9.59 Å². The molecule has 6 heteroatoms. The van der Waals surface area contributed by atoms with E-state index in [-0.39, 0.29) is 0 Å². The molecule has 6 nitrogen and oxygen atoms in total. The van der Waals surface area contributed by atoms with Crippen LogP contribution in [0.2, 0.25) is 0 Å². The van der Waals surface area contributed by atoms with Crippen LogP contribution in [0.3, 0.4) is 0 Å². The number of aliphatic hydroxyl groups is 2. The molecular weight excluding hydrogens is 224 g/mol. The summed E-state index contributed by atoms with van der Waals surface area (Å²) in [5.74, 6) is -1.55. The minimum absolute atomic E-state index is 0.400. The molecule has 0 rings (SSSR count). The SMILES string of the molecule is CCCCC(C)(C)C(C)(O)O.N=C=O.N=C=O. The standard InChI is InChI=1S/C9H20O2.2CHNO/c1-5-6-7-8(2,3)9(4,10)11;2*2-1-3/h10-11H,5-7H2,1-4H3;2*2H. The number of carbonyl (C=O) groups excluding carboxylic acids is 2. The summed E-state index contributed by atoms with van der Waals surface area (Å²) in [5, 5.41) is 29.5. The summed E-state index contributed by atoms with van der Waals surface area (Å²) >= 11 is 0. The van der Waals surface area contributed by atoms with E-state index in [1.807, 2.05) is 13.8 Å². The van der Waals surface area contributed by atoms with E-state index >= 15 is 0 Å². The molecule has 0 aliphatic rings. The van der Waals surface area contributed by atoms with Crippen molar-refractivity contribution in [1.29, 1.82) is 10.8 Å². The van der Waals surface area contributed by atoms with Gasteiger partial charge in [0, 0.05) is 5.41 Å². The molecule has 0 spiro atoms. The van der Waals surface area contributed by atoms with Gasteiger partial charge in [-0.2, -0.15) is 0 Å². The number of hydrogen-bond acceptors (Lipinski definition) is 6. The molecule has 0 saturated carbocycles. The molecule has 0 aliphatic carbocycles. The Morgan fingerprint density at radius 2 is 1.35 bits per heavy atom. The minimum Gasteiger partial charge on any atom is -0.365 e. The van der Waals surface area contributed by atoms with E-state index in [1.54, 1.807) is 0 Å². The molecular formula is C11H22N2O4. The van der Waals surface area contributed by atoms with E-state index in [0.717, 1.165) is 31.4 Å². The zero-order chi connectivity index (χ0) is 14.5. The van der Waals surface area contributed by atoms with Gasteiger partial charge in [-0.3, -0.25) is 0 Å². The Bertz CT molecular complexity index is 233. The Balaban J connectivity index is -0.000000273. The summed E-state index contributed by atoms with van der Waals surface area (Å²) in [6.07, 6.45) is 4.50. The Kier molecular flexibility index (Phi) is 13.8. The summed E-state index contributed by atoms with van der Waals surface area (Å²) in [6, 6.07) is 0. The van der Waals surface area contributed by atoms with Gasteiger partial charge in [0.2, 0.25) is 12.2 Å². The highest BCUT2D eigenvalue weighted by Gasteiger charge is 2.36. The first-order chi connectivity index (χ1) is 7.64. The van der Waals surface area contributed by atoms with E-state index in [4.69, 9.17) is 20.4 Å². The van der Waals surface area contributed by atoms with Crippen LogP contribution in [0.25, 0.3) is 0 Å². The molecule has 0 amide bonds. The number of hydrogen-bond donors (Lipinski definition) is 4. The molecule has 100 valence electrons. The van der Waals surface area contributed by atoms with Crippen molar-refractivity contribution in [3.05, 3.63) is 0 Å². The third kappa shape index (κ3) is 14.7. The van der Waals surface area contributed by atoms with Gasteiger partial charge >= 0.3 is 0 Å². The van der Waals surface area contributed by atoms with Crippen LogP contribution in [0.1, 0.15) is 47.0 Å². The van der Waals surface area contributed by atoms with Gasteiger partial charge in [-0.05, 0) is 13.3 Å². The molecule has 0 saturated heterocycles. The van der Waals surface area contributed by atoms with Gasteiger partial charge < -0.3 is 10.2 Å². The highest BCUT2D eigenvalue weighted by atomic mass is 16.5. The Morgan fingerprint density at radius 1 is 1.06 bits per heavy atom. The van der Waals surface area contributed by atoms with Crippen molar-refractivity contribution in [3.63, 3.8) is 0 Å². The van der Waals surface area contributed by atoms with E-state index in [9.17, 15) is 10.2 Å². The number of isocyanates is 2. The topological polar surface area (TPSA) is 122 Å². The third-order valence-corrected chi connectivity index (χ3v) is 2.44. The first kappa shape index (κ1) is 21.0. The van der Waals surface area contributed by atoms with Crippen LogP contribution in [0.4, 0.5) is 0 Å². The predicted octanol–water partition coefficient (Wildman–Crippen LogP) is 1.71. The largest absolute Gasteiger partial charge is 0.365 e. The van der Waals surface area contributed by atoms with E-state index in [1.165, 1.54) is 6.92 Å². The average molecular weight is 246 g/mol. The highest BCUT2D eigenvalue weighted by Crippen LogP contribution is 2.33. The van der Waals surface area contributed by atoms with Crippen LogP contribution >= 0.6 is 0 Å². The molecule has 0 atom stereocenters. The van der Waals surface area contributed by atoms with E-state index in [0.29, 0.717) is 0 Å². The maximum atomic E-state index is 9.33. The van der Waals surface area contributed by atoms with Crippen LogP contribution in [-0.4, -0.2) is 28.2 Å². The van der Waals surface area contributed by atoms with Crippen molar-refractivity contribution in [1.82, 2.24) is 0 Å². The first-order valence-corrected chi connectivity index (χ1v) is 5.17. The van der Waals surface area contributed by atoms with Crippen LogP contribution in [0.5, 0.6) is 0 Å². The summed E-state index contributed by atoms with van der Waals surface area (Å²) in [7, 11) is 0. The molecule has 0 fully saturated rings. The van der Waals surface area contributed by atoms with Gasteiger partial charge in [0.1, 0.15) is 0 Å². The Hall–Kier alpha value is -1.32. The second-order valence-corrected chi connectivity index (χ2v) is 4.21.